The Morgan fingerprint density at radius 3 is 2.67 bits per heavy atom. The van der Waals surface area contributed by atoms with Crippen LogP contribution in [-0.4, -0.2) is 37.0 Å². The molecule has 0 aliphatic carbocycles. The van der Waals surface area contributed by atoms with E-state index in [1.807, 2.05) is 11.9 Å². The molecule has 1 saturated heterocycles. The Balaban J connectivity index is 2.44. The van der Waals surface area contributed by atoms with E-state index < -0.39 is 0 Å². The third kappa shape index (κ3) is 3.20. The fraction of sp³-hybridized carbons (Fsp3) is 0.917. The molecule has 1 N–H and O–H groups in total. The molecule has 1 aliphatic heterocycles. The van der Waals surface area contributed by atoms with Gasteiger partial charge >= 0.3 is 0 Å². The van der Waals surface area contributed by atoms with Crippen molar-refractivity contribution in [2.24, 2.45) is 5.41 Å². The number of nitrogens with zero attached hydrogens (tertiary/aromatic N) is 1. The Kier molecular flexibility index (Phi) is 4.14. The third-order valence-electron chi connectivity index (χ3n) is 3.83. The molecule has 1 rings (SSSR count). The quantitative estimate of drug-likeness (QED) is 0.768. The van der Waals surface area contributed by atoms with E-state index in [-0.39, 0.29) is 5.91 Å². The van der Waals surface area contributed by atoms with Crippen LogP contribution < -0.4 is 5.32 Å². The van der Waals surface area contributed by atoms with Gasteiger partial charge in [0, 0.05) is 33.1 Å². The molecule has 2 atom stereocenters. The molecule has 0 aromatic carbocycles. The maximum Gasteiger partial charge on any atom is 0.219 e. The van der Waals surface area contributed by atoms with Gasteiger partial charge in [0.05, 0.1) is 0 Å². The van der Waals surface area contributed by atoms with Crippen molar-refractivity contribution in [1.29, 1.82) is 0 Å². The number of nitrogens with one attached hydrogen (secondary N) is 1. The van der Waals surface area contributed by atoms with E-state index in [1.165, 1.54) is 12.8 Å². The van der Waals surface area contributed by atoms with E-state index in [0.29, 0.717) is 11.5 Å². The van der Waals surface area contributed by atoms with Gasteiger partial charge in [-0.15, -0.1) is 0 Å². The molecule has 0 spiro atoms. The highest BCUT2D eigenvalue weighted by Gasteiger charge is 2.35. The summed E-state index contributed by atoms with van der Waals surface area (Å²) in [6, 6.07) is 0.632. The molecule has 1 aliphatic rings. The van der Waals surface area contributed by atoms with Crippen molar-refractivity contribution >= 4 is 5.91 Å². The lowest BCUT2D eigenvalue weighted by Crippen LogP contribution is -2.32. The van der Waals surface area contributed by atoms with Crippen molar-refractivity contribution in [3.8, 4) is 0 Å². The van der Waals surface area contributed by atoms with Crippen molar-refractivity contribution in [2.75, 3.05) is 20.1 Å². The number of hydrogen-bond acceptors (Lipinski definition) is 2. The fourth-order valence-corrected chi connectivity index (χ4v) is 2.38. The van der Waals surface area contributed by atoms with Crippen molar-refractivity contribution in [3.63, 3.8) is 0 Å². The number of carbonyl (C=O) groups excluding carboxylic acids is 1. The topological polar surface area (TPSA) is 32.3 Å². The molecule has 1 heterocycles. The van der Waals surface area contributed by atoms with Gasteiger partial charge in [-0.05, 0) is 31.6 Å². The maximum absolute atomic E-state index is 11.1. The molecule has 0 aromatic rings. The molecule has 15 heavy (non-hydrogen) atoms. The second kappa shape index (κ2) is 4.97. The Bertz CT molecular complexity index is 230. The minimum absolute atomic E-state index is 0.167. The zero-order chi connectivity index (χ0) is 11.5. The number of rotatable bonds is 4. The van der Waals surface area contributed by atoms with Crippen LogP contribution in [0.3, 0.4) is 0 Å². The molecule has 0 radical (unpaired) electrons. The summed E-state index contributed by atoms with van der Waals surface area (Å²) in [5, 5.41) is 3.51. The molecule has 2 unspecified atom stereocenters. The van der Waals surface area contributed by atoms with E-state index in [1.54, 1.807) is 6.92 Å². The van der Waals surface area contributed by atoms with Crippen LogP contribution in [0.2, 0.25) is 0 Å². The van der Waals surface area contributed by atoms with Crippen LogP contribution in [0.15, 0.2) is 0 Å². The largest absolute Gasteiger partial charge is 0.346 e. The van der Waals surface area contributed by atoms with Gasteiger partial charge in [-0.1, -0.05) is 6.92 Å². The first-order valence-electron chi connectivity index (χ1n) is 5.94. The van der Waals surface area contributed by atoms with Crippen LogP contribution in [0.5, 0.6) is 0 Å². The van der Waals surface area contributed by atoms with Gasteiger partial charge in [0.2, 0.25) is 5.91 Å². The average molecular weight is 212 g/mol. The first kappa shape index (κ1) is 12.5. The minimum atomic E-state index is 0.167. The molecule has 88 valence electrons. The predicted octanol–water partition coefficient (Wildman–Crippen LogP) is 1.63. The maximum atomic E-state index is 11.1. The number of hydrogen-bond donors (Lipinski definition) is 1. The van der Waals surface area contributed by atoms with Gasteiger partial charge < -0.3 is 10.2 Å². The molecule has 3 nitrogen and oxygen atoms in total. The van der Waals surface area contributed by atoms with Crippen molar-refractivity contribution in [2.45, 2.75) is 46.1 Å². The third-order valence-corrected chi connectivity index (χ3v) is 3.83. The zero-order valence-corrected chi connectivity index (χ0v) is 10.5. The predicted molar refractivity (Wildman–Crippen MR) is 62.7 cm³/mol. The van der Waals surface area contributed by atoms with Crippen LogP contribution in [-0.2, 0) is 4.79 Å². The minimum Gasteiger partial charge on any atom is -0.346 e. The van der Waals surface area contributed by atoms with Crippen LogP contribution in [0.25, 0.3) is 0 Å². The van der Waals surface area contributed by atoms with E-state index in [9.17, 15) is 4.79 Å². The number of carbonyl (C=O) groups is 1. The average Bonchev–Trinajstić information content (AvgIpc) is 2.57. The lowest BCUT2D eigenvalue weighted by molar-refractivity contribution is -0.127. The van der Waals surface area contributed by atoms with Crippen LogP contribution in [0.4, 0.5) is 0 Å². The summed E-state index contributed by atoms with van der Waals surface area (Å²) < 4.78 is 0. The molecule has 0 saturated carbocycles. The monoisotopic (exact) mass is 212 g/mol. The number of amides is 1. The van der Waals surface area contributed by atoms with Gasteiger partial charge in [0.1, 0.15) is 0 Å². The highest BCUT2D eigenvalue weighted by Crippen LogP contribution is 2.35. The fourth-order valence-electron chi connectivity index (χ4n) is 2.38. The Labute approximate surface area is 93.2 Å². The smallest absolute Gasteiger partial charge is 0.219 e. The van der Waals surface area contributed by atoms with Crippen LogP contribution in [0.1, 0.15) is 40.0 Å². The van der Waals surface area contributed by atoms with E-state index in [4.69, 9.17) is 0 Å². The molecule has 0 aromatic heterocycles. The second-order valence-electron chi connectivity index (χ2n) is 5.03. The van der Waals surface area contributed by atoms with Gasteiger partial charge in [-0.25, -0.2) is 0 Å². The summed E-state index contributed by atoms with van der Waals surface area (Å²) in [5.74, 6) is 0.167. The van der Waals surface area contributed by atoms with Crippen molar-refractivity contribution < 1.29 is 4.79 Å². The normalized spacial score (nSPS) is 30.5. The van der Waals surface area contributed by atoms with Crippen LogP contribution >= 0.6 is 0 Å². The zero-order valence-electron chi connectivity index (χ0n) is 10.5. The van der Waals surface area contributed by atoms with E-state index >= 15 is 0 Å². The Hall–Kier alpha value is -0.570. The summed E-state index contributed by atoms with van der Waals surface area (Å²) in [4.78, 5) is 12.9. The van der Waals surface area contributed by atoms with Gasteiger partial charge in [-0.2, -0.15) is 0 Å². The van der Waals surface area contributed by atoms with Gasteiger partial charge in [-0.3, -0.25) is 4.79 Å². The molecular weight excluding hydrogens is 188 g/mol. The van der Waals surface area contributed by atoms with E-state index in [2.05, 4.69) is 19.2 Å². The molecule has 3 heteroatoms. The Morgan fingerprint density at radius 1 is 1.60 bits per heavy atom. The molecule has 1 amide bonds. The highest BCUT2D eigenvalue weighted by atomic mass is 16.2. The van der Waals surface area contributed by atoms with Gasteiger partial charge in [0.25, 0.3) is 0 Å². The summed E-state index contributed by atoms with van der Waals surface area (Å²) in [7, 11) is 1.89. The SMILES string of the molecule is CCC1(CCN(C)C(C)=O)CNC(C)C1. The molecule has 0 bridgehead atoms. The van der Waals surface area contributed by atoms with Crippen LogP contribution in [0, 0.1) is 5.41 Å². The summed E-state index contributed by atoms with van der Waals surface area (Å²) in [6.45, 7) is 8.13. The summed E-state index contributed by atoms with van der Waals surface area (Å²) in [5.41, 5.74) is 0.420. The molecule has 1 fully saturated rings. The van der Waals surface area contributed by atoms with E-state index in [0.717, 1.165) is 19.5 Å². The standard InChI is InChI=1S/C12H24N2O/c1-5-12(8-10(2)13-9-12)6-7-14(4)11(3)15/h10,13H,5-9H2,1-4H3. The lowest BCUT2D eigenvalue weighted by atomic mass is 9.79. The Morgan fingerprint density at radius 2 is 2.27 bits per heavy atom. The summed E-state index contributed by atoms with van der Waals surface area (Å²) in [6.07, 6.45) is 3.57. The van der Waals surface area contributed by atoms with Gasteiger partial charge in [0.15, 0.2) is 0 Å². The highest BCUT2D eigenvalue weighted by molar-refractivity contribution is 5.72. The second-order valence-corrected chi connectivity index (χ2v) is 5.03. The molecular formula is C12H24N2O. The first-order chi connectivity index (χ1) is 6.99. The van der Waals surface area contributed by atoms with Crippen molar-refractivity contribution in [3.05, 3.63) is 0 Å². The lowest BCUT2D eigenvalue weighted by Gasteiger charge is -2.29. The van der Waals surface area contributed by atoms with Crippen molar-refractivity contribution in [1.82, 2.24) is 10.2 Å². The first-order valence-corrected chi connectivity index (χ1v) is 5.94. The summed E-state index contributed by atoms with van der Waals surface area (Å²) >= 11 is 0.